The summed E-state index contributed by atoms with van der Waals surface area (Å²) < 4.78 is 0. The number of piperidine rings is 1. The third kappa shape index (κ3) is 3.29. The minimum atomic E-state index is -0.160. The summed E-state index contributed by atoms with van der Waals surface area (Å²) in [5.74, 6) is 0.758. The lowest BCUT2D eigenvalue weighted by atomic mass is 9.92. The smallest absolute Gasteiger partial charge is 0.251 e. The number of hydrogen-bond donors (Lipinski definition) is 3. The predicted octanol–water partition coefficient (Wildman–Crippen LogP) is 2.33. The van der Waals surface area contributed by atoms with E-state index in [1.165, 1.54) is 6.07 Å². The zero-order chi connectivity index (χ0) is 18.1. The van der Waals surface area contributed by atoms with Crippen LogP contribution in [0.1, 0.15) is 31.9 Å². The highest BCUT2D eigenvalue weighted by Gasteiger charge is 2.57. The van der Waals surface area contributed by atoms with Gasteiger partial charge in [-0.15, -0.1) is 0 Å². The van der Waals surface area contributed by atoms with Crippen LogP contribution in [0.4, 0.5) is 5.69 Å². The normalized spacial score (nSPS) is 20.7. The second-order valence-electron chi connectivity index (χ2n) is 7.38. The van der Waals surface area contributed by atoms with E-state index in [0.717, 1.165) is 49.3 Å². The maximum Gasteiger partial charge on any atom is 0.251 e. The Balaban J connectivity index is 1.51. The fourth-order valence-corrected chi connectivity index (χ4v) is 4.00. The Morgan fingerprint density at radius 1 is 1.31 bits per heavy atom. The van der Waals surface area contributed by atoms with Gasteiger partial charge in [-0.2, -0.15) is 0 Å². The molecule has 1 aliphatic carbocycles. The molecule has 2 aliphatic rings. The first-order chi connectivity index (χ1) is 12.6. The number of anilines is 1. The quantitative estimate of drug-likeness (QED) is 0.788. The maximum absolute atomic E-state index is 12.6. The lowest BCUT2D eigenvalue weighted by Gasteiger charge is -2.23. The first-order valence-corrected chi connectivity index (χ1v) is 9.32. The molecule has 1 amide bonds. The molecule has 1 saturated heterocycles. The van der Waals surface area contributed by atoms with Gasteiger partial charge in [-0.3, -0.25) is 9.59 Å². The first-order valence-electron chi connectivity index (χ1n) is 9.32. The Kier molecular flexibility index (Phi) is 4.36. The summed E-state index contributed by atoms with van der Waals surface area (Å²) in [5.41, 5.74) is 2.35. The minimum absolute atomic E-state index is 0.104. The molecule has 1 unspecified atom stereocenters. The largest absolute Gasteiger partial charge is 0.326 e. The highest BCUT2D eigenvalue weighted by Crippen LogP contribution is 2.58. The van der Waals surface area contributed by atoms with Gasteiger partial charge < -0.3 is 15.6 Å². The number of aryl methyl sites for hydroxylation is 1. The number of carbonyl (C=O) groups excluding carboxylic acids is 1. The topological polar surface area (TPSA) is 86.9 Å². The molecule has 2 aromatic rings. The van der Waals surface area contributed by atoms with E-state index >= 15 is 0 Å². The number of amides is 1. The predicted molar refractivity (Wildman–Crippen MR) is 101 cm³/mol. The van der Waals surface area contributed by atoms with Gasteiger partial charge in [0.1, 0.15) is 5.82 Å². The minimum Gasteiger partial charge on any atom is -0.326 e. The van der Waals surface area contributed by atoms with Crippen LogP contribution >= 0.6 is 0 Å². The van der Waals surface area contributed by atoms with E-state index in [-0.39, 0.29) is 22.8 Å². The van der Waals surface area contributed by atoms with Crippen LogP contribution < -0.4 is 16.2 Å². The fourth-order valence-electron chi connectivity index (χ4n) is 4.00. The molecule has 1 atom stereocenters. The van der Waals surface area contributed by atoms with Crippen LogP contribution in [0, 0.1) is 11.3 Å². The second-order valence-corrected chi connectivity index (χ2v) is 7.38. The SMILES string of the molecule is CCc1cc(=O)[nH]c(-c2cccc(NC(=O)C3CC34CCNCC4)c2)n1. The van der Waals surface area contributed by atoms with Crippen LogP contribution in [-0.2, 0) is 11.2 Å². The third-order valence-electron chi connectivity index (χ3n) is 5.67. The molecule has 1 saturated carbocycles. The van der Waals surface area contributed by atoms with Crippen molar-refractivity contribution in [2.45, 2.75) is 32.6 Å². The van der Waals surface area contributed by atoms with Gasteiger partial charge in [0, 0.05) is 28.9 Å². The molecule has 1 spiro atoms. The molecule has 136 valence electrons. The first kappa shape index (κ1) is 17.0. The summed E-state index contributed by atoms with van der Waals surface area (Å²) in [4.78, 5) is 31.7. The van der Waals surface area contributed by atoms with Crippen molar-refractivity contribution in [3.8, 4) is 11.4 Å². The summed E-state index contributed by atoms with van der Waals surface area (Å²) in [7, 11) is 0. The maximum atomic E-state index is 12.6. The van der Waals surface area contributed by atoms with E-state index in [1.807, 2.05) is 31.2 Å². The van der Waals surface area contributed by atoms with Crippen LogP contribution in [0.2, 0.25) is 0 Å². The van der Waals surface area contributed by atoms with Gasteiger partial charge in [0.25, 0.3) is 5.56 Å². The van der Waals surface area contributed by atoms with Crippen molar-refractivity contribution >= 4 is 11.6 Å². The van der Waals surface area contributed by atoms with Crippen molar-refractivity contribution < 1.29 is 4.79 Å². The highest BCUT2D eigenvalue weighted by atomic mass is 16.2. The van der Waals surface area contributed by atoms with Crippen LogP contribution in [0.25, 0.3) is 11.4 Å². The molecule has 6 heteroatoms. The van der Waals surface area contributed by atoms with E-state index in [9.17, 15) is 9.59 Å². The number of rotatable bonds is 4. The summed E-state index contributed by atoms with van der Waals surface area (Å²) in [6.07, 6.45) is 3.86. The Bertz CT molecular complexity index is 883. The van der Waals surface area contributed by atoms with E-state index in [1.54, 1.807) is 0 Å². The zero-order valence-corrected chi connectivity index (χ0v) is 15.0. The zero-order valence-electron chi connectivity index (χ0n) is 15.0. The lowest BCUT2D eigenvalue weighted by molar-refractivity contribution is -0.118. The Morgan fingerprint density at radius 2 is 2.12 bits per heavy atom. The van der Waals surface area contributed by atoms with Crippen molar-refractivity contribution in [2.24, 2.45) is 11.3 Å². The standard InChI is InChI=1S/C20H24N4O2/c1-2-14-11-17(25)24-18(22-14)13-4-3-5-15(10-13)23-19(26)16-12-20(16)6-8-21-9-7-20/h3-5,10-11,16,21H,2,6-9,12H2,1H3,(H,23,26)(H,22,24,25). The molecule has 2 fully saturated rings. The van der Waals surface area contributed by atoms with E-state index < -0.39 is 0 Å². The molecule has 4 rings (SSSR count). The molecule has 1 aromatic heterocycles. The molecule has 1 aliphatic heterocycles. The van der Waals surface area contributed by atoms with Crippen molar-refractivity contribution in [1.29, 1.82) is 0 Å². The summed E-state index contributed by atoms with van der Waals surface area (Å²) in [5, 5.41) is 6.41. The van der Waals surface area contributed by atoms with E-state index in [0.29, 0.717) is 12.2 Å². The van der Waals surface area contributed by atoms with Gasteiger partial charge in [-0.1, -0.05) is 19.1 Å². The average Bonchev–Trinajstić information content (AvgIpc) is 3.35. The number of carbonyl (C=O) groups is 1. The third-order valence-corrected chi connectivity index (χ3v) is 5.67. The van der Waals surface area contributed by atoms with Gasteiger partial charge in [0.05, 0.1) is 0 Å². The molecular formula is C20H24N4O2. The molecule has 0 radical (unpaired) electrons. The Morgan fingerprint density at radius 3 is 2.88 bits per heavy atom. The van der Waals surface area contributed by atoms with Gasteiger partial charge in [0.2, 0.25) is 5.91 Å². The van der Waals surface area contributed by atoms with Gasteiger partial charge in [-0.25, -0.2) is 4.98 Å². The van der Waals surface area contributed by atoms with Crippen molar-refractivity contribution in [3.05, 3.63) is 46.4 Å². The van der Waals surface area contributed by atoms with Crippen molar-refractivity contribution in [2.75, 3.05) is 18.4 Å². The van der Waals surface area contributed by atoms with Crippen molar-refractivity contribution in [3.63, 3.8) is 0 Å². The molecule has 0 bridgehead atoms. The molecule has 2 heterocycles. The van der Waals surface area contributed by atoms with Crippen LogP contribution in [0.15, 0.2) is 35.1 Å². The molecular weight excluding hydrogens is 328 g/mol. The number of aromatic nitrogens is 2. The number of nitrogens with one attached hydrogen (secondary N) is 3. The highest BCUT2D eigenvalue weighted by molar-refractivity contribution is 5.95. The number of benzene rings is 1. The van der Waals surface area contributed by atoms with Crippen LogP contribution in [0.3, 0.4) is 0 Å². The lowest BCUT2D eigenvalue weighted by Crippen LogP contribution is -2.31. The molecule has 3 N–H and O–H groups in total. The number of hydrogen-bond acceptors (Lipinski definition) is 4. The van der Waals surface area contributed by atoms with Gasteiger partial charge in [0.15, 0.2) is 0 Å². The van der Waals surface area contributed by atoms with Gasteiger partial charge in [-0.05, 0) is 56.3 Å². The van der Waals surface area contributed by atoms with Crippen LogP contribution in [-0.4, -0.2) is 29.0 Å². The molecule has 6 nitrogen and oxygen atoms in total. The fraction of sp³-hybridized carbons (Fsp3) is 0.450. The summed E-state index contributed by atoms with van der Waals surface area (Å²) in [6, 6.07) is 9.02. The Labute approximate surface area is 152 Å². The van der Waals surface area contributed by atoms with Gasteiger partial charge >= 0.3 is 0 Å². The van der Waals surface area contributed by atoms with Crippen LogP contribution in [0.5, 0.6) is 0 Å². The number of nitrogens with zero attached hydrogens (tertiary/aromatic N) is 1. The molecule has 26 heavy (non-hydrogen) atoms. The summed E-state index contributed by atoms with van der Waals surface area (Å²) >= 11 is 0. The second kappa shape index (κ2) is 6.68. The van der Waals surface area contributed by atoms with Crippen molar-refractivity contribution in [1.82, 2.24) is 15.3 Å². The van der Waals surface area contributed by atoms with E-state index in [4.69, 9.17) is 0 Å². The number of H-pyrrole nitrogens is 1. The van der Waals surface area contributed by atoms with E-state index in [2.05, 4.69) is 20.6 Å². The molecule has 1 aromatic carbocycles. The monoisotopic (exact) mass is 352 g/mol. The summed E-state index contributed by atoms with van der Waals surface area (Å²) in [6.45, 7) is 3.98. The Hall–Kier alpha value is -2.47. The average molecular weight is 352 g/mol. The number of aromatic amines is 1.